The van der Waals surface area contributed by atoms with Gasteiger partial charge in [-0.3, -0.25) is 9.69 Å². The number of likely N-dealkylation sites (N-methyl/N-ethyl adjacent to an activating group) is 1. The van der Waals surface area contributed by atoms with Crippen LogP contribution in [0.15, 0.2) is 18.2 Å². The number of hydrogen-bond donors (Lipinski definition) is 3. The summed E-state index contributed by atoms with van der Waals surface area (Å²) in [5.41, 5.74) is 8.81. The van der Waals surface area contributed by atoms with Crippen molar-refractivity contribution >= 4 is 12.2 Å². The molecule has 170 valence electrons. The van der Waals surface area contributed by atoms with E-state index in [-0.39, 0.29) is 12.0 Å². The zero-order valence-corrected chi connectivity index (χ0v) is 19.2. The molecule has 0 spiro atoms. The van der Waals surface area contributed by atoms with Crippen molar-refractivity contribution in [1.29, 1.82) is 0 Å². The van der Waals surface area contributed by atoms with E-state index in [0.29, 0.717) is 24.7 Å². The Hall–Kier alpha value is -1.76. The van der Waals surface area contributed by atoms with Gasteiger partial charge in [-0.05, 0) is 62.4 Å². The minimum Gasteiger partial charge on any atom is -0.392 e. The highest BCUT2D eigenvalue weighted by Gasteiger charge is 2.32. The maximum absolute atomic E-state index is 11.3. The molecule has 1 heterocycles. The first-order chi connectivity index (χ1) is 14.4. The van der Waals surface area contributed by atoms with Gasteiger partial charge in [0, 0.05) is 24.7 Å². The minimum atomic E-state index is -0.366. The van der Waals surface area contributed by atoms with Gasteiger partial charge in [0.05, 0.1) is 12.6 Å². The highest BCUT2D eigenvalue weighted by molar-refractivity contribution is 5.93. The van der Waals surface area contributed by atoms with E-state index in [0.717, 1.165) is 25.2 Å². The molecule has 1 aliphatic heterocycles. The van der Waals surface area contributed by atoms with Crippen LogP contribution in [0.25, 0.3) is 0 Å². The van der Waals surface area contributed by atoms with Gasteiger partial charge in [-0.2, -0.15) is 0 Å². The molecule has 30 heavy (non-hydrogen) atoms. The van der Waals surface area contributed by atoms with Crippen LogP contribution in [-0.4, -0.2) is 55.0 Å². The lowest BCUT2D eigenvalue weighted by atomic mass is 9.77. The third kappa shape index (κ3) is 8.17. The second-order valence-electron chi connectivity index (χ2n) is 8.03. The van der Waals surface area contributed by atoms with Gasteiger partial charge in [0.25, 0.3) is 0 Å². The van der Waals surface area contributed by atoms with Crippen molar-refractivity contribution in [1.82, 2.24) is 10.2 Å². The number of aldehydes is 1. The highest BCUT2D eigenvalue weighted by atomic mass is 16.3. The molecule has 6 nitrogen and oxygen atoms in total. The van der Waals surface area contributed by atoms with E-state index in [9.17, 15) is 9.59 Å². The highest BCUT2D eigenvalue weighted by Crippen LogP contribution is 2.41. The second-order valence-corrected chi connectivity index (χ2v) is 8.03. The van der Waals surface area contributed by atoms with E-state index in [4.69, 9.17) is 10.8 Å². The molecular formula is C24H41N3O3. The number of primary amides is 1. The Balaban J connectivity index is 0.000000383. The van der Waals surface area contributed by atoms with Crippen molar-refractivity contribution in [3.05, 3.63) is 34.9 Å². The fourth-order valence-electron chi connectivity index (χ4n) is 4.35. The van der Waals surface area contributed by atoms with E-state index in [1.807, 2.05) is 26.0 Å². The summed E-state index contributed by atoms with van der Waals surface area (Å²) in [5.74, 6) is 0.452. The van der Waals surface area contributed by atoms with Crippen molar-refractivity contribution in [3.63, 3.8) is 0 Å². The molecule has 2 aliphatic rings. The molecule has 0 bridgehead atoms. The molecule has 6 heteroatoms. The first kappa shape index (κ1) is 26.3. The van der Waals surface area contributed by atoms with Gasteiger partial charge in [-0.1, -0.05) is 39.2 Å². The maximum atomic E-state index is 11.3. The van der Waals surface area contributed by atoms with E-state index < -0.39 is 0 Å². The van der Waals surface area contributed by atoms with Crippen molar-refractivity contribution in [2.45, 2.75) is 71.4 Å². The van der Waals surface area contributed by atoms with Gasteiger partial charge >= 0.3 is 0 Å². The summed E-state index contributed by atoms with van der Waals surface area (Å²) in [4.78, 5) is 23.5. The first-order valence-electron chi connectivity index (χ1n) is 11.4. The van der Waals surface area contributed by atoms with Gasteiger partial charge in [0.2, 0.25) is 5.91 Å². The fourth-order valence-corrected chi connectivity index (χ4v) is 4.35. The van der Waals surface area contributed by atoms with Crippen LogP contribution in [0, 0.1) is 5.92 Å². The summed E-state index contributed by atoms with van der Waals surface area (Å²) in [5, 5.41) is 11.3. The molecule has 0 saturated heterocycles. The first-order valence-corrected chi connectivity index (χ1v) is 11.4. The molecule has 1 amide bonds. The number of aliphatic hydroxyl groups excluding tert-OH is 1. The predicted molar refractivity (Wildman–Crippen MR) is 123 cm³/mol. The fraction of sp³-hybridized carbons (Fsp3) is 0.667. The standard InChI is InChI=1S/C17H24N2O.C5H11NO2.C2H6/c1-19-10-9-13-11-14(17(18)20)7-8-15(13)16(19)12-5-3-2-4-6-12;1-5(8)4-6-2-3-7;1-2/h7-8,11-12,16H,2-6,9-10H2,1H3,(H2,18,20);3,5-6,8H,2,4H2,1H3;1-2H3. The third-order valence-corrected chi connectivity index (χ3v) is 5.72. The number of benzene rings is 1. The molecule has 0 radical (unpaired) electrons. The monoisotopic (exact) mass is 419 g/mol. The zero-order valence-electron chi connectivity index (χ0n) is 19.2. The van der Waals surface area contributed by atoms with Crippen molar-refractivity contribution in [2.24, 2.45) is 11.7 Å². The Kier molecular flexibility index (Phi) is 12.5. The average molecular weight is 420 g/mol. The number of nitrogens with two attached hydrogens (primary N) is 1. The van der Waals surface area contributed by atoms with E-state index in [1.54, 1.807) is 6.92 Å². The molecule has 1 aliphatic carbocycles. The Morgan fingerprint density at radius 1 is 1.30 bits per heavy atom. The maximum Gasteiger partial charge on any atom is 0.248 e. The van der Waals surface area contributed by atoms with Crippen LogP contribution in [0.4, 0.5) is 0 Å². The van der Waals surface area contributed by atoms with Crippen LogP contribution in [0.3, 0.4) is 0 Å². The summed E-state index contributed by atoms with van der Waals surface area (Å²) in [6.07, 6.45) is 8.22. The van der Waals surface area contributed by atoms with Crippen molar-refractivity contribution in [3.8, 4) is 0 Å². The van der Waals surface area contributed by atoms with Gasteiger partial charge in [0.1, 0.15) is 6.29 Å². The lowest BCUT2D eigenvalue weighted by molar-refractivity contribution is -0.107. The van der Waals surface area contributed by atoms with Crippen molar-refractivity contribution in [2.75, 3.05) is 26.7 Å². The molecule has 1 fully saturated rings. The number of nitrogens with zero attached hydrogens (tertiary/aromatic N) is 1. The Morgan fingerprint density at radius 2 is 1.97 bits per heavy atom. The molecule has 2 atom stereocenters. The Morgan fingerprint density at radius 3 is 2.53 bits per heavy atom. The second kappa shape index (κ2) is 14.3. The number of nitrogens with one attached hydrogen (secondary N) is 1. The van der Waals surface area contributed by atoms with E-state index in [2.05, 4.69) is 23.3 Å². The molecule has 1 aromatic rings. The summed E-state index contributed by atoms with van der Waals surface area (Å²) < 4.78 is 0. The summed E-state index contributed by atoms with van der Waals surface area (Å²) >= 11 is 0. The summed E-state index contributed by atoms with van der Waals surface area (Å²) in [7, 11) is 2.24. The van der Waals surface area contributed by atoms with Gasteiger partial charge < -0.3 is 21.0 Å². The summed E-state index contributed by atoms with van der Waals surface area (Å²) in [6, 6.07) is 6.59. The third-order valence-electron chi connectivity index (χ3n) is 5.72. The van der Waals surface area contributed by atoms with Crippen LogP contribution in [0.2, 0.25) is 0 Å². The van der Waals surface area contributed by atoms with Gasteiger partial charge in [0.15, 0.2) is 0 Å². The van der Waals surface area contributed by atoms with Crippen LogP contribution in [0.1, 0.15) is 80.4 Å². The normalized spacial score (nSPS) is 20.0. The van der Waals surface area contributed by atoms with Crippen LogP contribution >= 0.6 is 0 Å². The number of carbonyl (C=O) groups is 2. The van der Waals surface area contributed by atoms with Crippen molar-refractivity contribution < 1.29 is 14.7 Å². The van der Waals surface area contributed by atoms with Gasteiger partial charge in [-0.15, -0.1) is 0 Å². The molecule has 4 N–H and O–H groups in total. The number of carbonyl (C=O) groups excluding carboxylic acids is 2. The van der Waals surface area contributed by atoms with E-state index >= 15 is 0 Å². The predicted octanol–water partition coefficient (Wildman–Crippen LogP) is 3.08. The molecule has 2 unspecified atom stereocenters. The Bertz CT molecular complexity index is 643. The zero-order chi connectivity index (χ0) is 22.5. The number of fused-ring (bicyclic) bond motifs is 1. The smallest absolute Gasteiger partial charge is 0.248 e. The number of aliphatic hydroxyl groups is 1. The molecular weight excluding hydrogens is 378 g/mol. The largest absolute Gasteiger partial charge is 0.392 e. The van der Waals surface area contributed by atoms with Crippen LogP contribution in [0.5, 0.6) is 0 Å². The Labute approximate surface area is 182 Å². The molecule has 0 aromatic heterocycles. The summed E-state index contributed by atoms with van der Waals surface area (Å²) in [6.45, 7) is 7.55. The SMILES string of the molecule is CC.CC(O)CNCC=O.CN1CCc2cc(C(N)=O)ccc2C1C1CCCCC1. The number of amides is 1. The number of rotatable bonds is 6. The van der Waals surface area contributed by atoms with Crippen LogP contribution in [-0.2, 0) is 11.2 Å². The molecule has 3 rings (SSSR count). The quantitative estimate of drug-likeness (QED) is 0.486. The lowest BCUT2D eigenvalue weighted by Crippen LogP contribution is -2.37. The topological polar surface area (TPSA) is 95.7 Å². The van der Waals surface area contributed by atoms with Gasteiger partial charge in [-0.25, -0.2) is 0 Å². The minimum absolute atomic E-state index is 0.319. The van der Waals surface area contributed by atoms with Crippen LogP contribution < -0.4 is 11.1 Å². The lowest BCUT2D eigenvalue weighted by Gasteiger charge is -2.41. The number of hydrogen-bond acceptors (Lipinski definition) is 5. The van der Waals surface area contributed by atoms with E-state index in [1.165, 1.54) is 43.2 Å². The average Bonchev–Trinajstić information content (AvgIpc) is 2.76. The molecule has 1 aromatic carbocycles. The molecule has 1 saturated carbocycles.